The molecule has 0 aromatic heterocycles. The third kappa shape index (κ3) is 15.6. The lowest BCUT2D eigenvalue weighted by Crippen LogP contribution is -2.47. The molecule has 0 heterocycles. The van der Waals surface area contributed by atoms with E-state index in [2.05, 4.69) is 15.6 Å². The fraction of sp³-hybridized carbons (Fsp3) is 0.824. The standard InChI is InChI=1S/C17H34N4O5/c1-16(2,3)25-14(22)20-13(21-15(23)26-17(4,5)6)19-10-8-12-24-11-7-9-18/h7-12,18H2,1-6H3,(H2,19,20,21,22,23). The molecule has 0 aromatic rings. The van der Waals surface area contributed by atoms with Crippen LogP contribution >= 0.6 is 0 Å². The Kier molecular flexibility index (Phi) is 10.8. The van der Waals surface area contributed by atoms with Crippen molar-refractivity contribution in [3.8, 4) is 0 Å². The normalized spacial score (nSPS) is 11.5. The van der Waals surface area contributed by atoms with Gasteiger partial charge in [0.1, 0.15) is 11.2 Å². The van der Waals surface area contributed by atoms with Gasteiger partial charge in [-0.25, -0.2) is 9.59 Å². The number of guanidine groups is 1. The minimum Gasteiger partial charge on any atom is -0.444 e. The van der Waals surface area contributed by atoms with E-state index in [0.29, 0.717) is 32.7 Å². The Morgan fingerprint density at radius 1 is 0.885 bits per heavy atom. The second-order valence-corrected chi connectivity index (χ2v) is 7.59. The number of nitrogens with two attached hydrogens (primary N) is 1. The van der Waals surface area contributed by atoms with Crippen molar-refractivity contribution in [2.24, 2.45) is 10.7 Å². The number of hydrogen-bond acceptors (Lipinski definition) is 7. The van der Waals surface area contributed by atoms with E-state index in [4.69, 9.17) is 19.9 Å². The first kappa shape index (κ1) is 24.1. The lowest BCUT2D eigenvalue weighted by atomic mass is 10.2. The van der Waals surface area contributed by atoms with Crippen molar-refractivity contribution in [2.75, 3.05) is 26.3 Å². The van der Waals surface area contributed by atoms with Gasteiger partial charge in [0.2, 0.25) is 5.96 Å². The zero-order valence-corrected chi connectivity index (χ0v) is 16.8. The minimum absolute atomic E-state index is 0.0320. The van der Waals surface area contributed by atoms with Crippen LogP contribution in [0, 0.1) is 0 Å². The maximum atomic E-state index is 11.9. The quantitative estimate of drug-likeness (QED) is 0.356. The molecule has 0 saturated heterocycles. The molecule has 0 saturated carbocycles. The molecule has 0 unspecified atom stereocenters. The molecule has 0 atom stereocenters. The summed E-state index contributed by atoms with van der Waals surface area (Å²) in [6, 6.07) is 0. The second-order valence-electron chi connectivity index (χ2n) is 7.59. The van der Waals surface area contributed by atoms with Gasteiger partial charge in [0.25, 0.3) is 0 Å². The predicted octanol–water partition coefficient (Wildman–Crippen LogP) is 2.15. The van der Waals surface area contributed by atoms with Gasteiger partial charge in [-0.3, -0.25) is 15.6 Å². The van der Waals surface area contributed by atoms with Gasteiger partial charge in [0.15, 0.2) is 0 Å². The van der Waals surface area contributed by atoms with Crippen LogP contribution in [-0.4, -0.2) is 55.7 Å². The Morgan fingerprint density at radius 2 is 1.35 bits per heavy atom. The number of carbonyl (C=O) groups is 2. The fourth-order valence-corrected chi connectivity index (χ4v) is 1.56. The Labute approximate surface area is 156 Å². The van der Waals surface area contributed by atoms with Crippen LogP contribution in [0.3, 0.4) is 0 Å². The molecule has 4 N–H and O–H groups in total. The summed E-state index contributed by atoms with van der Waals surface area (Å²) in [7, 11) is 0. The van der Waals surface area contributed by atoms with E-state index in [-0.39, 0.29) is 5.96 Å². The molecule has 26 heavy (non-hydrogen) atoms. The van der Waals surface area contributed by atoms with Crippen LogP contribution < -0.4 is 16.4 Å². The van der Waals surface area contributed by atoms with E-state index >= 15 is 0 Å². The van der Waals surface area contributed by atoms with Crippen molar-refractivity contribution < 1.29 is 23.8 Å². The van der Waals surface area contributed by atoms with Gasteiger partial charge in [-0.15, -0.1) is 0 Å². The summed E-state index contributed by atoms with van der Waals surface area (Å²) in [5.41, 5.74) is 4.05. The van der Waals surface area contributed by atoms with E-state index in [0.717, 1.165) is 6.42 Å². The Hall–Kier alpha value is -1.87. The monoisotopic (exact) mass is 374 g/mol. The average molecular weight is 374 g/mol. The summed E-state index contributed by atoms with van der Waals surface area (Å²) in [5.74, 6) is -0.0320. The molecule has 0 radical (unpaired) electrons. The average Bonchev–Trinajstić information content (AvgIpc) is 2.41. The molecule has 0 bridgehead atoms. The van der Waals surface area contributed by atoms with Crippen LogP contribution in [0.2, 0.25) is 0 Å². The summed E-state index contributed by atoms with van der Waals surface area (Å²) in [6.45, 7) is 12.5. The molecule has 0 fully saturated rings. The van der Waals surface area contributed by atoms with Crippen LogP contribution in [-0.2, 0) is 14.2 Å². The smallest absolute Gasteiger partial charge is 0.414 e. The summed E-state index contributed by atoms with van der Waals surface area (Å²) >= 11 is 0. The number of ether oxygens (including phenoxy) is 3. The summed E-state index contributed by atoms with van der Waals surface area (Å²) in [4.78, 5) is 28.0. The van der Waals surface area contributed by atoms with Gasteiger partial charge < -0.3 is 19.9 Å². The summed E-state index contributed by atoms with van der Waals surface area (Å²) < 4.78 is 15.7. The molecule has 0 aliphatic heterocycles. The molecular weight excluding hydrogens is 340 g/mol. The van der Waals surface area contributed by atoms with Crippen molar-refractivity contribution in [3.05, 3.63) is 0 Å². The minimum atomic E-state index is -0.716. The lowest BCUT2D eigenvalue weighted by molar-refractivity contribution is 0.0545. The van der Waals surface area contributed by atoms with Crippen molar-refractivity contribution in [1.29, 1.82) is 0 Å². The number of rotatable bonds is 7. The Bertz CT molecular complexity index is 435. The van der Waals surface area contributed by atoms with Crippen LogP contribution in [0.4, 0.5) is 9.59 Å². The molecule has 0 aliphatic rings. The van der Waals surface area contributed by atoms with Crippen LogP contribution in [0.25, 0.3) is 0 Å². The number of amides is 2. The lowest BCUT2D eigenvalue weighted by Gasteiger charge is -2.22. The van der Waals surface area contributed by atoms with Gasteiger partial charge in [-0.2, -0.15) is 0 Å². The third-order valence-corrected chi connectivity index (χ3v) is 2.45. The van der Waals surface area contributed by atoms with E-state index in [9.17, 15) is 9.59 Å². The summed E-state index contributed by atoms with van der Waals surface area (Å²) in [5, 5.41) is 4.84. The number of nitrogens with zero attached hydrogens (tertiary/aromatic N) is 1. The first-order chi connectivity index (χ1) is 11.9. The van der Waals surface area contributed by atoms with E-state index in [1.54, 1.807) is 41.5 Å². The third-order valence-electron chi connectivity index (χ3n) is 2.45. The molecule has 2 amide bonds. The van der Waals surface area contributed by atoms with E-state index in [1.807, 2.05) is 0 Å². The van der Waals surface area contributed by atoms with E-state index < -0.39 is 23.4 Å². The van der Waals surface area contributed by atoms with Gasteiger partial charge >= 0.3 is 12.2 Å². The first-order valence-corrected chi connectivity index (χ1v) is 8.75. The van der Waals surface area contributed by atoms with Crippen molar-refractivity contribution in [1.82, 2.24) is 10.6 Å². The number of carbonyl (C=O) groups excluding carboxylic acids is 2. The molecule has 152 valence electrons. The zero-order valence-electron chi connectivity index (χ0n) is 16.8. The van der Waals surface area contributed by atoms with Gasteiger partial charge in [-0.1, -0.05) is 0 Å². The SMILES string of the molecule is CC(C)(C)OC(=O)NC(=NCCCOCCCN)NC(=O)OC(C)(C)C. The number of alkyl carbamates (subject to hydrolysis) is 2. The topological polar surface area (TPSA) is 124 Å². The fourth-order valence-electron chi connectivity index (χ4n) is 1.56. The van der Waals surface area contributed by atoms with Crippen LogP contribution in [0.5, 0.6) is 0 Å². The highest BCUT2D eigenvalue weighted by atomic mass is 16.6. The number of nitrogens with one attached hydrogen (secondary N) is 2. The van der Waals surface area contributed by atoms with E-state index in [1.165, 1.54) is 0 Å². The molecule has 9 nitrogen and oxygen atoms in total. The molecule has 0 rings (SSSR count). The van der Waals surface area contributed by atoms with Gasteiger partial charge in [0.05, 0.1) is 0 Å². The maximum absolute atomic E-state index is 11.9. The van der Waals surface area contributed by atoms with Gasteiger partial charge in [0, 0.05) is 19.8 Å². The van der Waals surface area contributed by atoms with Crippen molar-refractivity contribution in [2.45, 2.75) is 65.6 Å². The van der Waals surface area contributed by atoms with Gasteiger partial charge in [-0.05, 0) is 60.9 Å². The maximum Gasteiger partial charge on any atom is 0.414 e. The Balaban J connectivity index is 4.64. The van der Waals surface area contributed by atoms with Crippen LogP contribution in [0.1, 0.15) is 54.4 Å². The predicted molar refractivity (Wildman–Crippen MR) is 100 cm³/mol. The molecule has 0 aromatic carbocycles. The second kappa shape index (κ2) is 11.7. The van der Waals surface area contributed by atoms with Crippen molar-refractivity contribution in [3.63, 3.8) is 0 Å². The Morgan fingerprint density at radius 3 is 1.77 bits per heavy atom. The molecule has 0 aliphatic carbocycles. The highest BCUT2D eigenvalue weighted by Crippen LogP contribution is 2.07. The molecule has 0 spiro atoms. The number of aliphatic imine (C=N–C) groups is 1. The zero-order chi connectivity index (χ0) is 20.2. The number of hydrogen-bond donors (Lipinski definition) is 3. The highest BCUT2D eigenvalue weighted by molar-refractivity contribution is 6.01. The molecular formula is C17H34N4O5. The van der Waals surface area contributed by atoms with Crippen molar-refractivity contribution >= 4 is 18.1 Å². The summed E-state index contributed by atoms with van der Waals surface area (Å²) in [6.07, 6.45) is -0.00682. The van der Waals surface area contributed by atoms with Crippen LogP contribution in [0.15, 0.2) is 4.99 Å². The highest BCUT2D eigenvalue weighted by Gasteiger charge is 2.21. The molecule has 9 heteroatoms. The largest absolute Gasteiger partial charge is 0.444 e. The first-order valence-electron chi connectivity index (χ1n) is 8.75.